The van der Waals surface area contributed by atoms with E-state index in [4.69, 9.17) is 10.00 Å². The molecule has 4 rings (SSSR count). The molecule has 2 aliphatic rings. The molecule has 10 heteroatoms. The number of alkyl halides is 3. The van der Waals surface area contributed by atoms with Gasteiger partial charge in [0.05, 0.1) is 30.4 Å². The number of ether oxygens (including phenoxy) is 1. The van der Waals surface area contributed by atoms with Gasteiger partial charge in [0.25, 0.3) is 5.91 Å². The number of halogens is 3. The van der Waals surface area contributed by atoms with Crippen molar-refractivity contribution in [2.75, 3.05) is 39.4 Å². The molecule has 35 heavy (non-hydrogen) atoms. The standard InChI is InChI=1S/C25H25F3N4O3/c26-25(27,28)21-6-4-18(5-7-21)20-13-22(30-23(33)19-3-1-2-17(12-19)14-29)16-32(15-20)24(34)31-8-10-35-11-9-31/h1-7,12,20,22H,8-11,13,15-16H2,(H,30,33). The van der Waals surface area contributed by atoms with Crippen LogP contribution in [0.2, 0.25) is 0 Å². The largest absolute Gasteiger partial charge is 0.416 e. The van der Waals surface area contributed by atoms with Gasteiger partial charge in [0.2, 0.25) is 0 Å². The van der Waals surface area contributed by atoms with Crippen LogP contribution in [0.5, 0.6) is 0 Å². The van der Waals surface area contributed by atoms with Crippen molar-refractivity contribution in [3.05, 3.63) is 70.8 Å². The Labute approximate surface area is 201 Å². The predicted molar refractivity (Wildman–Crippen MR) is 121 cm³/mol. The minimum atomic E-state index is -4.43. The lowest BCUT2D eigenvalue weighted by atomic mass is 9.87. The molecule has 2 aliphatic heterocycles. The summed E-state index contributed by atoms with van der Waals surface area (Å²) in [6, 6.07) is 12.7. The highest BCUT2D eigenvalue weighted by Gasteiger charge is 2.35. The van der Waals surface area contributed by atoms with Gasteiger partial charge in [0, 0.05) is 43.7 Å². The van der Waals surface area contributed by atoms with Crippen LogP contribution in [0.4, 0.5) is 18.0 Å². The number of morpholine rings is 1. The molecule has 2 heterocycles. The Bertz CT molecular complexity index is 1110. The Kier molecular flexibility index (Phi) is 7.26. The summed E-state index contributed by atoms with van der Waals surface area (Å²) in [5.41, 5.74) is 0.614. The van der Waals surface area contributed by atoms with Crippen LogP contribution in [-0.2, 0) is 10.9 Å². The number of piperidine rings is 1. The van der Waals surface area contributed by atoms with E-state index < -0.39 is 17.8 Å². The topological polar surface area (TPSA) is 85.7 Å². The molecule has 0 bridgehead atoms. The second kappa shape index (κ2) is 10.4. The van der Waals surface area contributed by atoms with Gasteiger partial charge in [-0.25, -0.2) is 4.79 Å². The first kappa shape index (κ1) is 24.5. The van der Waals surface area contributed by atoms with E-state index >= 15 is 0 Å². The van der Waals surface area contributed by atoms with Gasteiger partial charge in [-0.2, -0.15) is 18.4 Å². The average Bonchev–Trinajstić information content (AvgIpc) is 2.88. The molecule has 1 N–H and O–H groups in total. The first-order valence-corrected chi connectivity index (χ1v) is 11.3. The SMILES string of the molecule is N#Cc1cccc(C(=O)NC2CC(c3ccc(C(F)(F)F)cc3)CN(C(=O)N3CCOCC3)C2)c1. The van der Waals surface area contributed by atoms with Crippen LogP contribution in [0.3, 0.4) is 0 Å². The average molecular weight is 486 g/mol. The quantitative estimate of drug-likeness (QED) is 0.718. The van der Waals surface area contributed by atoms with Crippen LogP contribution in [0, 0.1) is 11.3 Å². The summed E-state index contributed by atoms with van der Waals surface area (Å²) in [5.74, 6) is -0.634. The Morgan fingerprint density at radius 2 is 1.74 bits per heavy atom. The molecule has 0 radical (unpaired) electrons. The van der Waals surface area contributed by atoms with Crippen molar-refractivity contribution < 1.29 is 27.5 Å². The van der Waals surface area contributed by atoms with Crippen molar-refractivity contribution in [3.63, 3.8) is 0 Å². The maximum atomic E-state index is 13.2. The zero-order valence-corrected chi connectivity index (χ0v) is 18.9. The van der Waals surface area contributed by atoms with Crippen LogP contribution in [0.15, 0.2) is 48.5 Å². The number of carbonyl (C=O) groups is 2. The molecule has 3 amide bonds. The second-order valence-electron chi connectivity index (χ2n) is 8.70. The van der Waals surface area contributed by atoms with Crippen LogP contribution in [0.25, 0.3) is 0 Å². The lowest BCUT2D eigenvalue weighted by Gasteiger charge is -2.41. The second-order valence-corrected chi connectivity index (χ2v) is 8.70. The van der Waals surface area contributed by atoms with Crippen molar-refractivity contribution in [2.24, 2.45) is 0 Å². The summed E-state index contributed by atoms with van der Waals surface area (Å²) < 4.78 is 44.4. The van der Waals surface area contributed by atoms with Crippen molar-refractivity contribution in [1.82, 2.24) is 15.1 Å². The van der Waals surface area contributed by atoms with Gasteiger partial charge in [0.1, 0.15) is 0 Å². The zero-order valence-electron chi connectivity index (χ0n) is 18.9. The molecule has 2 atom stereocenters. The van der Waals surface area contributed by atoms with E-state index in [1.54, 1.807) is 28.0 Å². The molecule has 0 spiro atoms. The molecule has 2 aromatic rings. The zero-order chi connectivity index (χ0) is 25.0. The lowest BCUT2D eigenvalue weighted by Crippen LogP contribution is -2.56. The molecule has 184 valence electrons. The highest BCUT2D eigenvalue weighted by atomic mass is 19.4. The normalized spacial score (nSPS) is 20.7. The summed E-state index contributed by atoms with van der Waals surface area (Å²) >= 11 is 0. The molecule has 0 saturated carbocycles. The number of likely N-dealkylation sites (tertiary alicyclic amines) is 1. The van der Waals surface area contributed by atoms with E-state index in [9.17, 15) is 22.8 Å². The van der Waals surface area contributed by atoms with Crippen molar-refractivity contribution >= 4 is 11.9 Å². The fourth-order valence-corrected chi connectivity index (χ4v) is 4.50. The smallest absolute Gasteiger partial charge is 0.378 e. The number of nitrogens with one attached hydrogen (secondary N) is 1. The Morgan fingerprint density at radius 1 is 1.03 bits per heavy atom. The summed E-state index contributed by atoms with van der Waals surface area (Å²) in [4.78, 5) is 29.4. The van der Waals surface area contributed by atoms with Gasteiger partial charge < -0.3 is 19.9 Å². The molecule has 2 unspecified atom stereocenters. The highest BCUT2D eigenvalue weighted by molar-refractivity contribution is 5.94. The summed E-state index contributed by atoms with van der Waals surface area (Å²) in [6.45, 7) is 2.40. The summed E-state index contributed by atoms with van der Waals surface area (Å²) in [6.07, 6.45) is -3.97. The van der Waals surface area contributed by atoms with E-state index in [1.807, 2.05) is 6.07 Å². The highest BCUT2D eigenvalue weighted by Crippen LogP contribution is 2.33. The number of urea groups is 1. The monoisotopic (exact) mass is 486 g/mol. The van der Waals surface area contributed by atoms with Crippen LogP contribution in [0.1, 0.15) is 39.4 Å². The van der Waals surface area contributed by atoms with Crippen molar-refractivity contribution in [3.8, 4) is 6.07 Å². The molecule has 0 aliphatic carbocycles. The predicted octanol–water partition coefficient (Wildman–Crippen LogP) is 3.62. The fraction of sp³-hybridized carbons (Fsp3) is 0.400. The van der Waals surface area contributed by atoms with Crippen LogP contribution >= 0.6 is 0 Å². The number of amides is 3. The number of nitrogens with zero attached hydrogens (tertiary/aromatic N) is 3. The number of carbonyl (C=O) groups excluding carboxylic acids is 2. The summed E-state index contributed by atoms with van der Waals surface area (Å²) in [7, 11) is 0. The van der Waals surface area contributed by atoms with Crippen LogP contribution < -0.4 is 5.32 Å². The molecule has 2 aromatic carbocycles. The van der Waals surface area contributed by atoms with Crippen molar-refractivity contribution in [2.45, 2.75) is 24.6 Å². The van der Waals surface area contributed by atoms with Crippen molar-refractivity contribution in [1.29, 1.82) is 5.26 Å². The Balaban J connectivity index is 1.55. The fourth-order valence-electron chi connectivity index (χ4n) is 4.50. The Hall–Kier alpha value is -3.58. The van der Waals surface area contributed by atoms with Gasteiger partial charge in [-0.3, -0.25) is 4.79 Å². The van der Waals surface area contributed by atoms with Gasteiger partial charge >= 0.3 is 12.2 Å². The van der Waals surface area contributed by atoms with E-state index in [-0.39, 0.29) is 24.4 Å². The van der Waals surface area contributed by atoms with E-state index in [0.29, 0.717) is 56.0 Å². The Morgan fingerprint density at radius 3 is 2.40 bits per heavy atom. The number of hydrogen-bond acceptors (Lipinski definition) is 4. The third-order valence-corrected chi connectivity index (χ3v) is 6.30. The molecular formula is C25H25F3N4O3. The van der Waals surface area contributed by atoms with E-state index in [2.05, 4.69) is 5.32 Å². The van der Waals surface area contributed by atoms with Gasteiger partial charge in [0.15, 0.2) is 0 Å². The van der Waals surface area contributed by atoms with Gasteiger partial charge in [-0.1, -0.05) is 18.2 Å². The third kappa shape index (κ3) is 5.92. The molecule has 2 fully saturated rings. The summed E-state index contributed by atoms with van der Waals surface area (Å²) in [5, 5.41) is 12.0. The minimum absolute atomic E-state index is 0.185. The van der Waals surface area contributed by atoms with E-state index in [0.717, 1.165) is 12.1 Å². The lowest BCUT2D eigenvalue weighted by molar-refractivity contribution is -0.137. The molecule has 0 aromatic heterocycles. The number of nitriles is 1. The molecule has 7 nitrogen and oxygen atoms in total. The number of hydrogen-bond donors (Lipinski definition) is 1. The first-order valence-electron chi connectivity index (χ1n) is 11.3. The number of rotatable bonds is 3. The molecule has 2 saturated heterocycles. The van der Waals surface area contributed by atoms with E-state index in [1.165, 1.54) is 18.2 Å². The van der Waals surface area contributed by atoms with Gasteiger partial charge in [-0.15, -0.1) is 0 Å². The maximum Gasteiger partial charge on any atom is 0.416 e. The number of benzene rings is 2. The van der Waals surface area contributed by atoms with Crippen LogP contribution in [-0.4, -0.2) is 67.2 Å². The van der Waals surface area contributed by atoms with Gasteiger partial charge in [-0.05, 0) is 42.3 Å². The third-order valence-electron chi connectivity index (χ3n) is 6.30. The first-order chi connectivity index (χ1) is 16.7. The maximum absolute atomic E-state index is 13.2. The molecular weight excluding hydrogens is 461 g/mol. The minimum Gasteiger partial charge on any atom is -0.378 e.